The molecule has 2 aromatic rings. The van der Waals surface area contributed by atoms with Crippen LogP contribution >= 0.6 is 0 Å². The molecule has 0 fully saturated rings. The van der Waals surface area contributed by atoms with Gasteiger partial charge in [-0.3, -0.25) is 19.6 Å². The lowest BCUT2D eigenvalue weighted by atomic mass is 9.90. The number of carboxylic acid groups (broad SMARTS) is 1. The van der Waals surface area contributed by atoms with Crippen molar-refractivity contribution in [3.8, 4) is 22.8 Å². The Kier molecular flexibility index (Phi) is 12.2. The zero-order valence-corrected chi connectivity index (χ0v) is 22.3. The molecule has 0 aliphatic carbocycles. The van der Waals surface area contributed by atoms with Gasteiger partial charge in [0.2, 0.25) is 12.3 Å². The number of pyridine rings is 1. The van der Waals surface area contributed by atoms with Crippen LogP contribution in [0.25, 0.3) is 11.3 Å². The fraction of sp³-hybridized carbons (Fsp3) is 0.444. The molecular formula is C27H36N4O8. The Morgan fingerprint density at radius 2 is 1.87 bits per heavy atom. The number of aromatic nitrogens is 1. The van der Waals surface area contributed by atoms with E-state index in [1.54, 1.807) is 13.8 Å². The Morgan fingerprint density at radius 3 is 2.49 bits per heavy atom. The summed E-state index contributed by atoms with van der Waals surface area (Å²) in [5, 5.41) is 35.6. The maximum absolute atomic E-state index is 12.9. The topological polar surface area (TPSA) is 178 Å². The number of carbonyl (C=O) groups is 4. The van der Waals surface area contributed by atoms with Crippen molar-refractivity contribution in [2.75, 3.05) is 13.3 Å². The van der Waals surface area contributed by atoms with Crippen LogP contribution in [-0.4, -0.2) is 69.0 Å². The van der Waals surface area contributed by atoms with Crippen molar-refractivity contribution in [2.45, 2.75) is 58.9 Å². The second-order valence-electron chi connectivity index (χ2n) is 8.80. The molecule has 12 heteroatoms. The third-order valence-electron chi connectivity index (χ3n) is 6.18. The highest BCUT2D eigenvalue weighted by Crippen LogP contribution is 2.35. The van der Waals surface area contributed by atoms with Gasteiger partial charge in [0, 0.05) is 5.56 Å². The first-order valence-electron chi connectivity index (χ1n) is 12.9. The van der Waals surface area contributed by atoms with E-state index < -0.39 is 35.5 Å². The molecule has 12 nitrogen and oxygen atoms in total. The maximum atomic E-state index is 12.9. The van der Waals surface area contributed by atoms with E-state index in [9.17, 15) is 34.6 Å². The van der Waals surface area contributed by atoms with Crippen molar-refractivity contribution in [3.63, 3.8) is 0 Å². The molecule has 0 bridgehead atoms. The number of ether oxygens (including phenoxy) is 1. The van der Waals surface area contributed by atoms with Gasteiger partial charge in [-0.2, -0.15) is 0 Å². The number of amides is 3. The number of phenols is 1. The fourth-order valence-electron chi connectivity index (χ4n) is 4.21. The summed E-state index contributed by atoms with van der Waals surface area (Å²) < 4.78 is 5.40. The average molecular weight is 545 g/mol. The number of rotatable bonds is 16. The third kappa shape index (κ3) is 8.40. The molecule has 3 amide bonds. The zero-order chi connectivity index (χ0) is 28.9. The third-order valence-corrected chi connectivity index (χ3v) is 6.18. The molecule has 2 rings (SSSR count). The average Bonchev–Trinajstić information content (AvgIpc) is 2.93. The first kappa shape index (κ1) is 31.0. The lowest BCUT2D eigenvalue weighted by molar-refractivity contribution is -0.168. The fourth-order valence-corrected chi connectivity index (χ4v) is 4.21. The molecule has 1 aromatic heterocycles. The van der Waals surface area contributed by atoms with Gasteiger partial charge in [0.15, 0.2) is 0 Å². The van der Waals surface area contributed by atoms with E-state index in [0.29, 0.717) is 17.9 Å². The van der Waals surface area contributed by atoms with Crippen LogP contribution in [-0.2, 0) is 9.59 Å². The number of nitrogens with zero attached hydrogens (tertiary/aromatic N) is 2. The lowest BCUT2D eigenvalue weighted by Crippen LogP contribution is -2.47. The molecule has 0 saturated heterocycles. The smallest absolute Gasteiger partial charge is 0.339 e. The molecule has 0 radical (unpaired) electrons. The van der Waals surface area contributed by atoms with E-state index in [1.807, 2.05) is 6.92 Å². The normalized spacial score (nSPS) is 12.2. The second-order valence-corrected chi connectivity index (χ2v) is 8.80. The highest BCUT2D eigenvalue weighted by Gasteiger charge is 2.30. The van der Waals surface area contributed by atoms with Crippen molar-refractivity contribution >= 4 is 24.2 Å². The van der Waals surface area contributed by atoms with Crippen molar-refractivity contribution in [1.82, 2.24) is 20.7 Å². The summed E-state index contributed by atoms with van der Waals surface area (Å²) in [6.45, 7) is 5.56. The Hall–Kier alpha value is -4.19. The van der Waals surface area contributed by atoms with E-state index in [-0.39, 0.29) is 47.9 Å². The summed E-state index contributed by atoms with van der Waals surface area (Å²) >= 11 is 0. The number of aromatic carboxylic acids is 1. The number of nitrogens with one attached hydrogen (secondary N) is 2. The van der Waals surface area contributed by atoms with Crippen LogP contribution in [0.5, 0.6) is 11.5 Å². The summed E-state index contributed by atoms with van der Waals surface area (Å²) in [5.74, 6) is -3.36. The number of hydrogen-bond donors (Lipinski definition) is 5. The van der Waals surface area contributed by atoms with Crippen LogP contribution in [0.3, 0.4) is 0 Å². The van der Waals surface area contributed by atoms with E-state index >= 15 is 0 Å². The number of benzene rings is 1. The number of aromatic hydroxyl groups is 1. The molecule has 1 heterocycles. The maximum Gasteiger partial charge on any atom is 0.339 e. The first-order chi connectivity index (χ1) is 18.7. The predicted octanol–water partition coefficient (Wildman–Crippen LogP) is 3.18. The number of hydroxylamine groups is 2. The minimum atomic E-state index is -1.35. The van der Waals surface area contributed by atoms with E-state index in [0.717, 1.165) is 19.3 Å². The van der Waals surface area contributed by atoms with Gasteiger partial charge in [0.1, 0.15) is 22.8 Å². The van der Waals surface area contributed by atoms with Crippen LogP contribution in [0.4, 0.5) is 0 Å². The van der Waals surface area contributed by atoms with Gasteiger partial charge in [0.25, 0.3) is 5.91 Å². The molecule has 5 N–H and O–H groups in total. The molecular weight excluding hydrogens is 508 g/mol. The van der Waals surface area contributed by atoms with Crippen LogP contribution in [0.15, 0.2) is 30.3 Å². The Labute approximate surface area is 227 Å². The van der Waals surface area contributed by atoms with Crippen LogP contribution in [0, 0.1) is 5.92 Å². The molecule has 1 aromatic carbocycles. The van der Waals surface area contributed by atoms with Crippen molar-refractivity contribution in [3.05, 3.63) is 41.6 Å². The molecule has 0 spiro atoms. The van der Waals surface area contributed by atoms with Gasteiger partial charge in [-0.1, -0.05) is 39.2 Å². The number of hydrogen-bond acceptors (Lipinski definition) is 8. The van der Waals surface area contributed by atoms with Crippen LogP contribution in [0.1, 0.15) is 73.7 Å². The molecule has 0 unspecified atom stereocenters. The van der Waals surface area contributed by atoms with Crippen LogP contribution in [0.2, 0.25) is 0 Å². The predicted molar refractivity (Wildman–Crippen MR) is 141 cm³/mol. The summed E-state index contributed by atoms with van der Waals surface area (Å²) in [4.78, 5) is 52.6. The van der Waals surface area contributed by atoms with Crippen molar-refractivity contribution in [2.24, 2.45) is 5.92 Å². The first-order valence-corrected chi connectivity index (χ1v) is 12.9. The van der Waals surface area contributed by atoms with E-state index in [2.05, 4.69) is 15.6 Å². The standard InChI is InChI=1S/C27H36N4O8/c1-4-7-8-10-18(23(5-2)31(38)16-32)25(34)28-15-29-26(35)22-12-9-11-21(30-22)19-13-17(39-6-3)14-20(24(19)33)27(36)37/h9,11-14,16,18,23,33,38H,4-8,10,15H2,1-3H3,(H,28,34)(H,29,35)(H,36,37)/t18-,23-/m1/s1. The molecule has 2 atom stereocenters. The van der Waals surface area contributed by atoms with Crippen molar-refractivity contribution < 1.29 is 39.3 Å². The van der Waals surface area contributed by atoms with Gasteiger partial charge < -0.3 is 25.6 Å². The summed E-state index contributed by atoms with van der Waals surface area (Å²) in [5.41, 5.74) is -0.184. The minimum absolute atomic E-state index is 0.0340. The van der Waals surface area contributed by atoms with Gasteiger partial charge >= 0.3 is 5.97 Å². The Bertz CT molecular complexity index is 1160. The van der Waals surface area contributed by atoms with Crippen molar-refractivity contribution in [1.29, 1.82) is 0 Å². The number of carboxylic acids is 1. The molecule has 0 saturated carbocycles. The molecule has 0 aliphatic rings. The zero-order valence-electron chi connectivity index (χ0n) is 22.3. The summed E-state index contributed by atoms with van der Waals surface area (Å²) in [7, 11) is 0. The lowest BCUT2D eigenvalue weighted by Gasteiger charge is -2.29. The molecule has 0 aliphatic heterocycles. The number of unbranched alkanes of at least 4 members (excludes halogenated alkanes) is 2. The van der Waals surface area contributed by atoms with Gasteiger partial charge in [-0.05, 0) is 44.0 Å². The molecule has 39 heavy (non-hydrogen) atoms. The molecule has 212 valence electrons. The van der Waals surface area contributed by atoms with Gasteiger partial charge in [0.05, 0.1) is 30.9 Å². The SMILES string of the molecule is CCCCC[C@@H](C(=O)NCNC(=O)c1cccc(-c2cc(OCC)cc(C(=O)O)c2O)n1)[C@@H](CC)N(O)C=O. The highest BCUT2D eigenvalue weighted by molar-refractivity contribution is 5.96. The van der Waals surface area contributed by atoms with E-state index in [4.69, 9.17) is 4.74 Å². The summed E-state index contributed by atoms with van der Waals surface area (Å²) in [6.07, 6.45) is 3.67. The minimum Gasteiger partial charge on any atom is -0.506 e. The van der Waals surface area contributed by atoms with E-state index in [1.165, 1.54) is 30.3 Å². The quantitative estimate of drug-likeness (QED) is 0.0698. The van der Waals surface area contributed by atoms with Gasteiger partial charge in [-0.25, -0.2) is 14.8 Å². The Balaban J connectivity index is 2.16. The largest absolute Gasteiger partial charge is 0.506 e. The van der Waals surface area contributed by atoms with Crippen LogP contribution < -0.4 is 15.4 Å². The highest BCUT2D eigenvalue weighted by atomic mass is 16.5. The van der Waals surface area contributed by atoms with Gasteiger partial charge in [-0.15, -0.1) is 0 Å². The number of carbonyl (C=O) groups excluding carboxylic acids is 3. The summed E-state index contributed by atoms with van der Waals surface area (Å²) in [6, 6.07) is 6.39. The second kappa shape index (κ2) is 15.3. The monoisotopic (exact) mass is 544 g/mol. The Morgan fingerprint density at radius 1 is 1.13 bits per heavy atom.